The molecule has 2 bridgehead atoms. The first-order valence-electron chi connectivity index (χ1n) is 6.51. The van der Waals surface area contributed by atoms with Gasteiger partial charge in [0, 0.05) is 14.2 Å². The Morgan fingerprint density at radius 3 is 2.38 bits per heavy atom. The van der Waals surface area contributed by atoms with E-state index in [9.17, 15) is 0 Å². The molecule has 0 aromatic heterocycles. The smallest absolute Gasteiger partial charge is 0.337 e. The van der Waals surface area contributed by atoms with Crippen molar-refractivity contribution < 1.29 is 8.85 Å². The summed E-state index contributed by atoms with van der Waals surface area (Å²) in [7, 11) is 1.80. The van der Waals surface area contributed by atoms with Crippen molar-refractivity contribution in [3.63, 3.8) is 0 Å². The van der Waals surface area contributed by atoms with Crippen molar-refractivity contribution >= 4 is 8.56 Å². The maximum absolute atomic E-state index is 5.67. The molecule has 2 nitrogen and oxygen atoms in total. The van der Waals surface area contributed by atoms with Crippen molar-refractivity contribution in [2.45, 2.75) is 38.3 Å². The zero-order valence-electron chi connectivity index (χ0n) is 10.7. The van der Waals surface area contributed by atoms with Gasteiger partial charge in [0.25, 0.3) is 0 Å². The number of rotatable bonds is 6. The Morgan fingerprint density at radius 1 is 1.19 bits per heavy atom. The quantitative estimate of drug-likeness (QED) is 0.523. The molecule has 2 rings (SSSR count). The van der Waals surface area contributed by atoms with E-state index in [1.807, 2.05) is 14.2 Å². The molecule has 0 aliphatic heterocycles. The van der Waals surface area contributed by atoms with E-state index in [0.29, 0.717) is 0 Å². The third-order valence-corrected chi connectivity index (χ3v) is 8.21. The Balaban J connectivity index is 1.84. The van der Waals surface area contributed by atoms with Crippen LogP contribution in [0.25, 0.3) is 0 Å². The van der Waals surface area contributed by atoms with Gasteiger partial charge in [0.15, 0.2) is 0 Å². The molecular weight excluding hydrogens is 216 g/mol. The van der Waals surface area contributed by atoms with Crippen LogP contribution in [0.5, 0.6) is 0 Å². The standard InChI is InChI=1S/C13H24O2Si/c1-4-16(14-2,15-3)8-7-13-10-11-5-6-12(13)9-11/h5-6,11-13H,4,7-10H2,1-3H3. The molecule has 0 heterocycles. The van der Waals surface area contributed by atoms with Crippen LogP contribution in [0.2, 0.25) is 12.1 Å². The SMILES string of the molecule is CC[Si](CCC1CC2C=CC1C2)(OC)OC. The Bertz CT molecular complexity index is 252. The molecule has 3 atom stereocenters. The third-order valence-electron chi connectivity index (χ3n) is 4.60. The van der Waals surface area contributed by atoms with Crippen molar-refractivity contribution in [1.29, 1.82) is 0 Å². The molecule has 3 heteroatoms. The fourth-order valence-corrected chi connectivity index (χ4v) is 5.70. The van der Waals surface area contributed by atoms with Crippen molar-refractivity contribution in [2.24, 2.45) is 17.8 Å². The summed E-state index contributed by atoms with van der Waals surface area (Å²) >= 11 is 0. The maximum Gasteiger partial charge on any atom is 0.337 e. The highest BCUT2D eigenvalue weighted by Gasteiger charge is 2.39. The fourth-order valence-electron chi connectivity index (χ4n) is 3.38. The molecule has 0 saturated heterocycles. The Morgan fingerprint density at radius 2 is 1.94 bits per heavy atom. The van der Waals surface area contributed by atoms with Gasteiger partial charge in [-0.1, -0.05) is 19.1 Å². The molecule has 1 fully saturated rings. The number of allylic oxidation sites excluding steroid dienone is 2. The number of fused-ring (bicyclic) bond motifs is 2. The summed E-state index contributed by atoms with van der Waals surface area (Å²) in [5.74, 6) is 2.65. The second-order valence-electron chi connectivity index (χ2n) is 5.25. The zero-order valence-corrected chi connectivity index (χ0v) is 11.7. The molecule has 3 unspecified atom stereocenters. The van der Waals surface area contributed by atoms with Crippen LogP contribution in [0, 0.1) is 17.8 Å². The number of hydrogen-bond acceptors (Lipinski definition) is 2. The minimum Gasteiger partial charge on any atom is -0.398 e. The lowest BCUT2D eigenvalue weighted by Gasteiger charge is -2.28. The second kappa shape index (κ2) is 5.03. The fraction of sp³-hybridized carbons (Fsp3) is 0.846. The van der Waals surface area contributed by atoms with Crippen LogP contribution in [0.1, 0.15) is 26.2 Å². The van der Waals surface area contributed by atoms with Crippen LogP contribution >= 0.6 is 0 Å². The van der Waals surface area contributed by atoms with E-state index in [4.69, 9.17) is 8.85 Å². The first-order chi connectivity index (χ1) is 7.73. The maximum atomic E-state index is 5.67. The third kappa shape index (κ3) is 2.26. The van der Waals surface area contributed by atoms with E-state index in [0.717, 1.165) is 29.8 Å². The molecule has 0 N–H and O–H groups in total. The molecule has 2 aliphatic rings. The van der Waals surface area contributed by atoms with Gasteiger partial charge in [-0.3, -0.25) is 0 Å². The highest BCUT2D eigenvalue weighted by Crippen LogP contribution is 2.46. The summed E-state index contributed by atoms with van der Waals surface area (Å²) in [5, 5.41) is 0. The van der Waals surface area contributed by atoms with Gasteiger partial charge < -0.3 is 8.85 Å². The minimum atomic E-state index is -1.84. The van der Waals surface area contributed by atoms with Gasteiger partial charge in [-0.25, -0.2) is 0 Å². The van der Waals surface area contributed by atoms with Crippen LogP contribution in [-0.4, -0.2) is 22.8 Å². The first-order valence-corrected chi connectivity index (χ1v) is 8.74. The monoisotopic (exact) mass is 240 g/mol. The van der Waals surface area contributed by atoms with Gasteiger partial charge in [-0.05, 0) is 49.1 Å². The summed E-state index contributed by atoms with van der Waals surface area (Å²) in [4.78, 5) is 0. The summed E-state index contributed by atoms with van der Waals surface area (Å²) < 4.78 is 11.3. The van der Waals surface area contributed by atoms with Gasteiger partial charge >= 0.3 is 8.56 Å². The van der Waals surface area contributed by atoms with Crippen LogP contribution < -0.4 is 0 Å². The Labute approximate surface area is 100 Å². The van der Waals surface area contributed by atoms with Gasteiger partial charge in [-0.2, -0.15) is 0 Å². The lowest BCUT2D eigenvalue weighted by molar-refractivity contribution is 0.237. The van der Waals surface area contributed by atoms with Gasteiger partial charge in [0.1, 0.15) is 0 Å². The molecule has 92 valence electrons. The van der Waals surface area contributed by atoms with E-state index in [1.54, 1.807) is 0 Å². The van der Waals surface area contributed by atoms with Crippen LogP contribution in [0.15, 0.2) is 12.2 Å². The predicted molar refractivity (Wildman–Crippen MR) is 68.5 cm³/mol. The Hall–Kier alpha value is -0.123. The molecule has 1 saturated carbocycles. The van der Waals surface area contributed by atoms with E-state index in [2.05, 4.69) is 19.1 Å². The van der Waals surface area contributed by atoms with Gasteiger partial charge in [0.2, 0.25) is 0 Å². The highest BCUT2D eigenvalue weighted by atomic mass is 28.4. The summed E-state index contributed by atoms with van der Waals surface area (Å²) in [6.45, 7) is 2.19. The van der Waals surface area contributed by atoms with Crippen LogP contribution in [0.4, 0.5) is 0 Å². The molecule has 2 aliphatic carbocycles. The topological polar surface area (TPSA) is 18.5 Å². The van der Waals surface area contributed by atoms with Crippen LogP contribution in [-0.2, 0) is 8.85 Å². The summed E-state index contributed by atoms with van der Waals surface area (Å²) in [6.07, 6.45) is 8.97. The normalized spacial score (nSPS) is 32.6. The van der Waals surface area contributed by atoms with E-state index in [-0.39, 0.29) is 0 Å². The van der Waals surface area contributed by atoms with Crippen LogP contribution in [0.3, 0.4) is 0 Å². The molecule has 0 aromatic carbocycles. The second-order valence-corrected chi connectivity index (χ2v) is 9.10. The summed E-state index contributed by atoms with van der Waals surface area (Å²) in [5.41, 5.74) is 0. The lowest BCUT2D eigenvalue weighted by atomic mass is 9.91. The predicted octanol–water partition coefficient (Wildman–Crippen LogP) is 3.34. The molecule has 0 spiro atoms. The highest BCUT2D eigenvalue weighted by molar-refractivity contribution is 6.67. The zero-order chi connectivity index (χ0) is 11.6. The van der Waals surface area contributed by atoms with Crippen molar-refractivity contribution in [3.05, 3.63) is 12.2 Å². The largest absolute Gasteiger partial charge is 0.398 e. The average molecular weight is 240 g/mol. The summed E-state index contributed by atoms with van der Waals surface area (Å²) in [6, 6.07) is 2.23. The lowest BCUT2D eigenvalue weighted by Crippen LogP contribution is -2.39. The van der Waals surface area contributed by atoms with E-state index >= 15 is 0 Å². The minimum absolute atomic E-state index is 0.863. The molecule has 16 heavy (non-hydrogen) atoms. The molecule has 0 aromatic rings. The molecular formula is C13H24O2Si. The van der Waals surface area contributed by atoms with Gasteiger partial charge in [0.05, 0.1) is 0 Å². The molecule has 0 amide bonds. The van der Waals surface area contributed by atoms with Gasteiger partial charge in [-0.15, -0.1) is 0 Å². The van der Waals surface area contributed by atoms with Crippen molar-refractivity contribution in [3.8, 4) is 0 Å². The van der Waals surface area contributed by atoms with E-state index in [1.165, 1.54) is 19.3 Å². The molecule has 0 radical (unpaired) electrons. The Kier molecular flexibility index (Phi) is 3.87. The average Bonchev–Trinajstić information content (AvgIpc) is 2.93. The van der Waals surface area contributed by atoms with Crippen molar-refractivity contribution in [1.82, 2.24) is 0 Å². The first kappa shape index (κ1) is 12.3. The number of hydrogen-bond donors (Lipinski definition) is 0. The van der Waals surface area contributed by atoms with Crippen molar-refractivity contribution in [2.75, 3.05) is 14.2 Å². The van der Waals surface area contributed by atoms with E-state index < -0.39 is 8.56 Å².